The largest absolute Gasteiger partial charge is 0.283 e. The molecule has 2 rings (SSSR count). The fraction of sp³-hybridized carbons (Fsp3) is 0.583. The molecule has 18 heavy (non-hydrogen) atoms. The van der Waals surface area contributed by atoms with Gasteiger partial charge in [-0.05, 0) is 12.8 Å². The van der Waals surface area contributed by atoms with Gasteiger partial charge in [-0.2, -0.15) is 0 Å². The lowest BCUT2D eigenvalue weighted by atomic mass is 10.1. The van der Waals surface area contributed by atoms with E-state index in [0.29, 0.717) is 31.7 Å². The van der Waals surface area contributed by atoms with Crippen LogP contribution in [0.1, 0.15) is 36.4 Å². The van der Waals surface area contributed by atoms with Crippen LogP contribution in [0.4, 0.5) is 0 Å². The predicted molar refractivity (Wildman–Crippen MR) is 70.6 cm³/mol. The summed E-state index contributed by atoms with van der Waals surface area (Å²) in [6, 6.07) is 0. The van der Waals surface area contributed by atoms with Crippen LogP contribution in [0.25, 0.3) is 0 Å². The first-order valence-electron chi connectivity index (χ1n) is 6.03. The first kappa shape index (κ1) is 13.5. The number of carbonyl (C=O) groups excluding carboxylic acids is 2. The second kappa shape index (κ2) is 6.29. The molecule has 1 aliphatic heterocycles. The van der Waals surface area contributed by atoms with Crippen molar-refractivity contribution in [3.63, 3.8) is 0 Å². The number of amides is 2. The second-order valence-electron chi connectivity index (χ2n) is 4.26. The molecule has 0 bridgehead atoms. The van der Waals surface area contributed by atoms with Crippen LogP contribution >= 0.6 is 22.9 Å². The van der Waals surface area contributed by atoms with E-state index in [1.165, 1.54) is 4.90 Å². The van der Waals surface area contributed by atoms with Crippen molar-refractivity contribution in [2.75, 3.05) is 6.54 Å². The topological polar surface area (TPSA) is 50.3 Å². The van der Waals surface area contributed by atoms with Gasteiger partial charge in [0.15, 0.2) is 0 Å². The Balaban J connectivity index is 1.80. The smallest absolute Gasteiger partial charge is 0.229 e. The maximum atomic E-state index is 11.6. The highest BCUT2D eigenvalue weighted by Gasteiger charge is 2.25. The summed E-state index contributed by atoms with van der Waals surface area (Å²) in [6.07, 6.45) is 3.25. The van der Waals surface area contributed by atoms with Crippen molar-refractivity contribution < 1.29 is 9.59 Å². The molecule has 0 aliphatic carbocycles. The Morgan fingerprint density at radius 2 is 2.06 bits per heavy atom. The van der Waals surface area contributed by atoms with Gasteiger partial charge in [-0.25, -0.2) is 4.98 Å². The number of likely N-dealkylation sites (tertiary alicyclic amines) is 1. The normalized spacial score (nSPS) is 16.4. The third kappa shape index (κ3) is 3.29. The van der Waals surface area contributed by atoms with Gasteiger partial charge in [0, 0.05) is 31.2 Å². The second-order valence-corrected chi connectivity index (χ2v) is 5.47. The number of alkyl halides is 1. The zero-order valence-corrected chi connectivity index (χ0v) is 11.6. The van der Waals surface area contributed by atoms with Crippen LogP contribution in [0.15, 0.2) is 5.38 Å². The van der Waals surface area contributed by atoms with Crippen molar-refractivity contribution in [1.82, 2.24) is 9.88 Å². The van der Waals surface area contributed by atoms with E-state index in [9.17, 15) is 9.59 Å². The van der Waals surface area contributed by atoms with E-state index in [2.05, 4.69) is 4.98 Å². The summed E-state index contributed by atoms with van der Waals surface area (Å²) in [5.41, 5.74) is 0.891. The summed E-state index contributed by atoms with van der Waals surface area (Å²) in [5, 5.41) is 2.96. The Bertz CT molecular complexity index is 431. The molecule has 1 saturated heterocycles. The number of piperidine rings is 1. The van der Waals surface area contributed by atoms with Crippen molar-refractivity contribution in [2.24, 2.45) is 0 Å². The molecule has 0 aromatic carbocycles. The van der Waals surface area contributed by atoms with Crippen LogP contribution in [0.2, 0.25) is 0 Å². The molecule has 1 aromatic heterocycles. The molecule has 0 spiro atoms. The molecular weight excluding hydrogens is 272 g/mol. The molecule has 0 radical (unpaired) electrons. The molecule has 1 aromatic rings. The number of rotatable bonds is 5. The van der Waals surface area contributed by atoms with E-state index >= 15 is 0 Å². The summed E-state index contributed by atoms with van der Waals surface area (Å²) in [4.78, 5) is 28.9. The fourth-order valence-electron chi connectivity index (χ4n) is 1.96. The monoisotopic (exact) mass is 286 g/mol. The van der Waals surface area contributed by atoms with Crippen LogP contribution in [0, 0.1) is 0 Å². The van der Waals surface area contributed by atoms with Gasteiger partial charge >= 0.3 is 0 Å². The van der Waals surface area contributed by atoms with Crippen molar-refractivity contribution in [3.8, 4) is 0 Å². The minimum Gasteiger partial charge on any atom is -0.283 e. The van der Waals surface area contributed by atoms with E-state index in [1.807, 2.05) is 5.38 Å². The molecule has 2 amide bonds. The van der Waals surface area contributed by atoms with Crippen LogP contribution in [-0.2, 0) is 21.9 Å². The summed E-state index contributed by atoms with van der Waals surface area (Å²) in [7, 11) is 0. The van der Waals surface area contributed by atoms with E-state index in [0.717, 1.165) is 23.5 Å². The molecule has 1 aliphatic rings. The van der Waals surface area contributed by atoms with E-state index in [4.69, 9.17) is 11.6 Å². The highest BCUT2D eigenvalue weighted by molar-refractivity contribution is 7.09. The number of aromatic nitrogens is 1. The number of aryl methyl sites for hydroxylation is 1. The highest BCUT2D eigenvalue weighted by atomic mass is 35.5. The minimum absolute atomic E-state index is 0.0353. The van der Waals surface area contributed by atoms with Gasteiger partial charge in [0.2, 0.25) is 11.8 Å². The maximum Gasteiger partial charge on any atom is 0.229 e. The highest BCUT2D eigenvalue weighted by Crippen LogP contribution is 2.16. The summed E-state index contributed by atoms with van der Waals surface area (Å²) < 4.78 is 0. The lowest BCUT2D eigenvalue weighted by Gasteiger charge is -2.24. The number of thiazole rings is 1. The van der Waals surface area contributed by atoms with Crippen LogP contribution in [-0.4, -0.2) is 28.2 Å². The van der Waals surface area contributed by atoms with Gasteiger partial charge in [-0.1, -0.05) is 0 Å². The molecule has 0 N–H and O–H groups in total. The van der Waals surface area contributed by atoms with Gasteiger partial charge in [0.25, 0.3) is 0 Å². The quantitative estimate of drug-likeness (QED) is 0.617. The Kier molecular flexibility index (Phi) is 4.72. The average Bonchev–Trinajstić information content (AvgIpc) is 2.81. The number of carbonyl (C=O) groups is 2. The lowest BCUT2D eigenvalue weighted by Crippen LogP contribution is -2.40. The van der Waals surface area contributed by atoms with Crippen LogP contribution < -0.4 is 0 Å². The zero-order chi connectivity index (χ0) is 13.0. The van der Waals surface area contributed by atoms with Crippen molar-refractivity contribution in [3.05, 3.63) is 16.1 Å². The van der Waals surface area contributed by atoms with Crippen molar-refractivity contribution in [1.29, 1.82) is 0 Å². The standard InChI is InChI=1S/C12H15ClN2O2S/c13-7-9-8-18-10(14-9)3-2-6-15-11(16)4-1-5-12(15)17/h8H,1-7H2. The van der Waals surface area contributed by atoms with Gasteiger partial charge in [-0.15, -0.1) is 22.9 Å². The summed E-state index contributed by atoms with van der Waals surface area (Å²) in [5.74, 6) is 0.359. The number of halogens is 1. The molecule has 4 nitrogen and oxygen atoms in total. The Hall–Kier alpha value is -0.940. The van der Waals surface area contributed by atoms with Gasteiger partial charge in [-0.3, -0.25) is 14.5 Å². The van der Waals surface area contributed by atoms with Gasteiger partial charge in [0.05, 0.1) is 16.6 Å². The fourth-order valence-corrected chi connectivity index (χ4v) is 3.03. The zero-order valence-electron chi connectivity index (χ0n) is 10.0. The first-order valence-corrected chi connectivity index (χ1v) is 7.44. The number of hydrogen-bond donors (Lipinski definition) is 0. The molecule has 2 heterocycles. The van der Waals surface area contributed by atoms with E-state index in [1.54, 1.807) is 11.3 Å². The SMILES string of the molecule is O=C1CCCC(=O)N1CCCc1nc(CCl)cs1. The Labute approximate surface area is 115 Å². The molecule has 1 fully saturated rings. The predicted octanol–water partition coefficient (Wildman–Crippen LogP) is 2.35. The van der Waals surface area contributed by atoms with E-state index < -0.39 is 0 Å². The van der Waals surface area contributed by atoms with Crippen molar-refractivity contribution in [2.45, 2.75) is 38.0 Å². The third-order valence-electron chi connectivity index (χ3n) is 2.89. The molecule has 6 heteroatoms. The molecule has 98 valence electrons. The number of hydrogen-bond acceptors (Lipinski definition) is 4. The number of imide groups is 1. The molecule has 0 unspecified atom stereocenters. The van der Waals surface area contributed by atoms with Gasteiger partial charge in [0.1, 0.15) is 0 Å². The average molecular weight is 287 g/mol. The first-order chi connectivity index (χ1) is 8.70. The Morgan fingerprint density at radius 3 is 2.67 bits per heavy atom. The van der Waals surface area contributed by atoms with Gasteiger partial charge < -0.3 is 0 Å². The Morgan fingerprint density at radius 1 is 1.33 bits per heavy atom. The maximum absolute atomic E-state index is 11.6. The lowest BCUT2D eigenvalue weighted by molar-refractivity contribution is -0.147. The summed E-state index contributed by atoms with van der Waals surface area (Å²) in [6.45, 7) is 0.507. The number of nitrogens with zero attached hydrogens (tertiary/aromatic N) is 2. The third-order valence-corrected chi connectivity index (χ3v) is 4.12. The molecule has 0 saturated carbocycles. The molecular formula is C12H15ClN2O2S. The van der Waals surface area contributed by atoms with Crippen LogP contribution in [0.3, 0.4) is 0 Å². The van der Waals surface area contributed by atoms with Crippen molar-refractivity contribution >= 4 is 34.8 Å². The minimum atomic E-state index is -0.0353. The van der Waals surface area contributed by atoms with E-state index in [-0.39, 0.29) is 11.8 Å². The molecule has 0 atom stereocenters. The van der Waals surface area contributed by atoms with Crippen LogP contribution in [0.5, 0.6) is 0 Å². The summed E-state index contributed by atoms with van der Waals surface area (Å²) >= 11 is 7.26.